The number of hydrogen-bond donors (Lipinski definition) is 1. The van der Waals surface area contributed by atoms with Gasteiger partial charge in [0.25, 0.3) is 15.7 Å². The molecule has 3 aromatic rings. The van der Waals surface area contributed by atoms with E-state index in [-0.39, 0.29) is 23.5 Å². The van der Waals surface area contributed by atoms with Crippen LogP contribution in [0.4, 0.5) is 11.4 Å². The number of rotatable bonds is 8. The van der Waals surface area contributed by atoms with Gasteiger partial charge in [-0.15, -0.1) is 0 Å². The lowest BCUT2D eigenvalue weighted by Crippen LogP contribution is -2.30. The number of hydrogen-bond acceptors (Lipinski definition) is 6. The van der Waals surface area contributed by atoms with Crippen molar-refractivity contribution >= 4 is 38.9 Å². The van der Waals surface area contributed by atoms with Crippen molar-refractivity contribution in [1.82, 2.24) is 5.48 Å². The van der Waals surface area contributed by atoms with E-state index in [0.29, 0.717) is 21.8 Å². The van der Waals surface area contributed by atoms with Gasteiger partial charge < -0.3 is 10.7 Å². The maximum Gasteiger partial charge on any atom is 0.269 e. The van der Waals surface area contributed by atoms with Gasteiger partial charge in [0.15, 0.2) is 0 Å². The Kier molecular flexibility index (Phi) is 7.08. The second kappa shape index (κ2) is 9.77. The summed E-state index contributed by atoms with van der Waals surface area (Å²) in [4.78, 5) is 21.5. The van der Waals surface area contributed by atoms with Crippen molar-refractivity contribution < 1.29 is 18.1 Å². The highest BCUT2D eigenvalue weighted by Crippen LogP contribution is 2.28. The predicted octanol–water partition coefficient (Wildman–Crippen LogP) is 3.80. The summed E-state index contributed by atoms with van der Waals surface area (Å²) < 4.78 is 28.0. The monoisotopic (exact) mass is 474 g/mol. The Labute approximate surface area is 189 Å². The molecule has 0 heterocycles. The number of nitro benzene ring substituents is 1. The number of non-ortho nitro benzene ring substituents is 1. The highest BCUT2D eigenvalue weighted by molar-refractivity contribution is 7.92. The highest BCUT2D eigenvalue weighted by Gasteiger charge is 2.26. The Bertz CT molecular complexity index is 1210. The summed E-state index contributed by atoms with van der Waals surface area (Å²) >= 11 is 5.92. The summed E-state index contributed by atoms with van der Waals surface area (Å²) in [6, 6.07) is 17.4. The van der Waals surface area contributed by atoms with Gasteiger partial charge >= 0.3 is 0 Å². The van der Waals surface area contributed by atoms with E-state index in [1.54, 1.807) is 36.4 Å². The van der Waals surface area contributed by atoms with E-state index in [1.165, 1.54) is 29.7 Å². The van der Waals surface area contributed by atoms with Gasteiger partial charge in [0.1, 0.15) is 0 Å². The molecule has 0 saturated heterocycles. The van der Waals surface area contributed by atoms with Gasteiger partial charge in [-0.2, -0.15) is 0 Å². The predicted molar refractivity (Wildman–Crippen MR) is 120 cm³/mol. The van der Waals surface area contributed by atoms with Crippen molar-refractivity contribution in [1.29, 1.82) is 0 Å². The Hall–Kier alpha value is -3.47. The zero-order valence-corrected chi connectivity index (χ0v) is 18.0. The average molecular weight is 475 g/mol. The Balaban J connectivity index is 2.00. The van der Waals surface area contributed by atoms with Crippen LogP contribution < -0.4 is 9.79 Å². The molecule has 32 heavy (non-hydrogen) atoms. The van der Waals surface area contributed by atoms with Crippen LogP contribution in [0.3, 0.4) is 0 Å². The zero-order chi connectivity index (χ0) is 23.3. The van der Waals surface area contributed by atoms with Crippen molar-refractivity contribution in [3.8, 4) is 0 Å². The average Bonchev–Trinajstić information content (AvgIpc) is 2.79. The topological polar surface area (TPSA) is 133 Å². The van der Waals surface area contributed by atoms with Crippen LogP contribution >= 0.6 is 11.6 Å². The minimum absolute atomic E-state index is 0.0309. The van der Waals surface area contributed by atoms with Gasteiger partial charge in [-0.25, -0.2) is 8.42 Å². The molecular weight excluding hydrogens is 458 g/mol. The third kappa shape index (κ3) is 5.41. The first-order valence-corrected chi connectivity index (χ1v) is 11.0. The smallest absolute Gasteiger partial charge is 0.269 e. The van der Waals surface area contributed by atoms with Crippen molar-refractivity contribution in [2.45, 2.75) is 17.9 Å². The number of nitrogens with zero attached hydrogens (tertiary/aromatic N) is 2. The van der Waals surface area contributed by atoms with E-state index < -0.39 is 20.9 Å². The summed E-state index contributed by atoms with van der Waals surface area (Å²) in [5.41, 5.74) is 2.57. The van der Waals surface area contributed by atoms with Crippen LogP contribution in [0.2, 0.25) is 5.02 Å². The maximum absolute atomic E-state index is 13.4. The van der Waals surface area contributed by atoms with Gasteiger partial charge in [-0.3, -0.25) is 19.2 Å². The van der Waals surface area contributed by atoms with Crippen LogP contribution in [-0.2, 0) is 27.8 Å². The molecule has 0 aliphatic carbocycles. The van der Waals surface area contributed by atoms with Gasteiger partial charge in [-0.05, 0) is 47.5 Å². The minimum Gasteiger partial charge on any atom is -0.759 e. The lowest BCUT2D eigenvalue weighted by molar-refractivity contribution is -0.384. The molecule has 0 spiro atoms. The Morgan fingerprint density at radius 2 is 1.50 bits per heavy atom. The number of nitrogens with one attached hydrogen (secondary N) is 1. The van der Waals surface area contributed by atoms with Crippen LogP contribution in [0.15, 0.2) is 77.7 Å². The molecule has 11 heteroatoms. The molecule has 3 aromatic carbocycles. The van der Waals surface area contributed by atoms with Gasteiger partial charge in [0.2, 0.25) is 5.91 Å². The van der Waals surface area contributed by atoms with E-state index >= 15 is 0 Å². The van der Waals surface area contributed by atoms with E-state index in [2.05, 4.69) is 0 Å². The van der Waals surface area contributed by atoms with Crippen molar-refractivity contribution in [2.24, 2.45) is 0 Å². The van der Waals surface area contributed by atoms with E-state index in [4.69, 9.17) is 11.6 Å². The molecule has 1 N–H and O–H groups in total. The second-order valence-electron chi connectivity index (χ2n) is 6.76. The molecule has 0 aliphatic heterocycles. The number of hydroxylamine groups is 1. The third-order valence-corrected chi connectivity index (χ3v) is 6.62. The minimum atomic E-state index is -4.10. The SMILES string of the molecule is O=C(Cc1ccc(N(Cc2ccc(Cl)cc2)S(=O)(=O)c2ccc([N+](=O)[O-])cc2)cc1)N[O-]. The highest BCUT2D eigenvalue weighted by atomic mass is 35.5. The number of sulfonamides is 1. The second-order valence-corrected chi connectivity index (χ2v) is 9.06. The molecule has 0 bridgehead atoms. The summed E-state index contributed by atoms with van der Waals surface area (Å²) in [7, 11) is -4.10. The van der Waals surface area contributed by atoms with Crippen LogP contribution in [0.5, 0.6) is 0 Å². The molecule has 166 valence electrons. The first-order chi connectivity index (χ1) is 15.2. The largest absolute Gasteiger partial charge is 0.759 e. The molecule has 9 nitrogen and oxygen atoms in total. The van der Waals surface area contributed by atoms with E-state index in [9.17, 15) is 28.5 Å². The van der Waals surface area contributed by atoms with E-state index in [0.717, 1.165) is 16.4 Å². The fraction of sp³-hybridized carbons (Fsp3) is 0.0952. The number of benzene rings is 3. The number of amides is 1. The Morgan fingerprint density at radius 1 is 0.938 bits per heavy atom. The standard InChI is InChI=1S/C21H17ClN3O6S/c22-17-5-1-16(2-6-17)14-24(18-7-3-15(4-8-18)13-21(26)23-27)32(30,31)20-11-9-19(10-12-20)25(28)29/h1-12H,13-14H2,(H-,23,26,27)/q-1. The first kappa shape index (κ1) is 23.2. The Morgan fingerprint density at radius 3 is 2.03 bits per heavy atom. The van der Waals surface area contributed by atoms with Crippen LogP contribution in [0, 0.1) is 15.3 Å². The quantitative estimate of drug-likeness (QED) is 0.390. The number of halogens is 1. The third-order valence-electron chi connectivity index (χ3n) is 4.58. The molecule has 0 unspecified atom stereocenters. The maximum atomic E-state index is 13.4. The van der Waals surface area contributed by atoms with Crippen LogP contribution in [0.25, 0.3) is 0 Å². The molecule has 0 atom stereocenters. The van der Waals surface area contributed by atoms with Crippen LogP contribution in [-0.4, -0.2) is 19.2 Å². The molecule has 0 saturated carbocycles. The van der Waals surface area contributed by atoms with Gasteiger partial charge in [0, 0.05) is 17.2 Å². The molecule has 1 amide bonds. The normalized spacial score (nSPS) is 11.1. The zero-order valence-electron chi connectivity index (χ0n) is 16.5. The molecule has 0 aliphatic rings. The fourth-order valence-corrected chi connectivity index (χ4v) is 4.52. The molecule has 0 fully saturated rings. The summed E-state index contributed by atoms with van der Waals surface area (Å²) in [6.45, 7) is -0.0309. The summed E-state index contributed by atoms with van der Waals surface area (Å²) in [5, 5.41) is 21.9. The lowest BCUT2D eigenvalue weighted by atomic mass is 10.1. The summed E-state index contributed by atoms with van der Waals surface area (Å²) in [6.07, 6.45) is -0.143. The number of anilines is 1. The molecule has 3 rings (SSSR count). The van der Waals surface area contributed by atoms with Crippen LogP contribution in [0.1, 0.15) is 11.1 Å². The molecular formula is C21H17ClN3O6S-. The lowest BCUT2D eigenvalue weighted by Gasteiger charge is -2.25. The number of carbonyl (C=O) groups excluding carboxylic acids is 1. The van der Waals surface area contributed by atoms with Crippen molar-refractivity contribution in [3.05, 3.63) is 104 Å². The number of nitro groups is 1. The van der Waals surface area contributed by atoms with Gasteiger partial charge in [-0.1, -0.05) is 35.9 Å². The molecule has 0 radical (unpaired) electrons. The van der Waals surface area contributed by atoms with Crippen molar-refractivity contribution in [3.63, 3.8) is 0 Å². The number of carbonyl (C=O) groups is 1. The fourth-order valence-electron chi connectivity index (χ4n) is 2.94. The van der Waals surface area contributed by atoms with Gasteiger partial charge in [0.05, 0.1) is 28.5 Å². The molecule has 0 aromatic heterocycles. The first-order valence-electron chi connectivity index (χ1n) is 9.22. The van der Waals surface area contributed by atoms with E-state index in [1.807, 2.05) is 0 Å². The van der Waals surface area contributed by atoms with Crippen molar-refractivity contribution in [2.75, 3.05) is 4.31 Å². The summed E-state index contributed by atoms with van der Waals surface area (Å²) in [5.74, 6) is -0.714.